The summed E-state index contributed by atoms with van der Waals surface area (Å²) in [4.78, 5) is 11.0. The minimum atomic E-state index is -1.04. The molecule has 0 spiro atoms. The van der Waals surface area contributed by atoms with Crippen LogP contribution in [0, 0.1) is 5.82 Å². The quantitative estimate of drug-likeness (QED) is 0.618. The molecule has 74 valence electrons. The van der Waals surface area contributed by atoms with Crippen molar-refractivity contribution in [2.24, 2.45) is 0 Å². The molecule has 1 aromatic carbocycles. The molecule has 0 saturated carbocycles. The zero-order chi connectivity index (χ0) is 10.6. The van der Waals surface area contributed by atoms with Gasteiger partial charge in [0.15, 0.2) is 0 Å². The number of thioether (sulfide) groups is 1. The standard InChI is InChI=1S/C10H9FO2S/c1-14-9-5-7(2-3-10(12)13)4-8(11)6-9/h2-6H,1H3,(H,12,13)/b3-2+. The minimum absolute atomic E-state index is 0.359. The molecule has 0 fully saturated rings. The first-order valence-electron chi connectivity index (χ1n) is 3.87. The van der Waals surface area contributed by atoms with Crippen molar-refractivity contribution in [2.45, 2.75) is 4.90 Å². The van der Waals surface area contributed by atoms with Crippen molar-refractivity contribution in [3.05, 3.63) is 35.7 Å². The summed E-state index contributed by atoms with van der Waals surface area (Å²) in [7, 11) is 0. The van der Waals surface area contributed by atoms with Gasteiger partial charge in [-0.15, -0.1) is 11.8 Å². The third-order valence-corrected chi connectivity index (χ3v) is 2.25. The van der Waals surface area contributed by atoms with E-state index in [-0.39, 0.29) is 5.82 Å². The number of hydrogen-bond acceptors (Lipinski definition) is 2. The lowest BCUT2D eigenvalue weighted by molar-refractivity contribution is -0.131. The molecule has 0 aromatic heterocycles. The summed E-state index contributed by atoms with van der Waals surface area (Å²) >= 11 is 1.41. The van der Waals surface area contributed by atoms with Crippen LogP contribution in [0.5, 0.6) is 0 Å². The van der Waals surface area contributed by atoms with Gasteiger partial charge in [0.2, 0.25) is 0 Å². The van der Waals surface area contributed by atoms with Crippen LogP contribution in [0.2, 0.25) is 0 Å². The van der Waals surface area contributed by atoms with E-state index in [9.17, 15) is 9.18 Å². The van der Waals surface area contributed by atoms with Gasteiger partial charge in [-0.3, -0.25) is 0 Å². The third-order valence-electron chi connectivity index (χ3n) is 1.55. The molecule has 1 rings (SSSR count). The average molecular weight is 212 g/mol. The molecule has 0 unspecified atom stereocenters. The molecule has 0 heterocycles. The van der Waals surface area contributed by atoms with Crippen LogP contribution < -0.4 is 0 Å². The van der Waals surface area contributed by atoms with Gasteiger partial charge in [-0.25, -0.2) is 9.18 Å². The molecule has 0 bridgehead atoms. The molecule has 1 aromatic rings. The largest absolute Gasteiger partial charge is 0.478 e. The number of carboxylic acids is 1. The van der Waals surface area contributed by atoms with Crippen LogP contribution in [-0.2, 0) is 4.79 Å². The van der Waals surface area contributed by atoms with Crippen LogP contribution in [0.25, 0.3) is 6.08 Å². The van der Waals surface area contributed by atoms with Crippen molar-refractivity contribution < 1.29 is 14.3 Å². The maximum absolute atomic E-state index is 12.9. The Morgan fingerprint density at radius 3 is 2.79 bits per heavy atom. The van der Waals surface area contributed by atoms with Crippen LogP contribution in [-0.4, -0.2) is 17.3 Å². The van der Waals surface area contributed by atoms with E-state index in [4.69, 9.17) is 5.11 Å². The number of carboxylic acid groups (broad SMARTS) is 1. The van der Waals surface area contributed by atoms with Gasteiger partial charge in [0.25, 0.3) is 0 Å². The first kappa shape index (κ1) is 10.8. The van der Waals surface area contributed by atoms with Gasteiger partial charge in [0.05, 0.1) is 0 Å². The molecule has 0 aliphatic rings. The maximum atomic E-state index is 12.9. The van der Waals surface area contributed by atoms with Gasteiger partial charge in [0.1, 0.15) is 5.82 Å². The van der Waals surface area contributed by atoms with Gasteiger partial charge >= 0.3 is 5.97 Å². The lowest BCUT2D eigenvalue weighted by Gasteiger charge is -1.98. The second-order valence-electron chi connectivity index (χ2n) is 2.60. The van der Waals surface area contributed by atoms with Crippen molar-refractivity contribution >= 4 is 23.8 Å². The molecule has 1 N–H and O–H groups in total. The van der Waals surface area contributed by atoms with Crippen LogP contribution >= 0.6 is 11.8 Å². The fourth-order valence-electron chi connectivity index (χ4n) is 0.966. The lowest BCUT2D eigenvalue weighted by Crippen LogP contribution is -1.86. The summed E-state index contributed by atoms with van der Waals surface area (Å²) in [5, 5.41) is 8.38. The average Bonchev–Trinajstić information content (AvgIpc) is 2.14. The Hall–Kier alpha value is -1.29. The van der Waals surface area contributed by atoms with Gasteiger partial charge in [-0.1, -0.05) is 0 Å². The van der Waals surface area contributed by atoms with Crippen molar-refractivity contribution in [3.8, 4) is 0 Å². The van der Waals surface area contributed by atoms with Crippen molar-refractivity contribution in [2.75, 3.05) is 6.26 Å². The number of carbonyl (C=O) groups is 1. The minimum Gasteiger partial charge on any atom is -0.478 e. The second-order valence-corrected chi connectivity index (χ2v) is 3.48. The summed E-state index contributed by atoms with van der Waals surface area (Å²) in [6, 6.07) is 4.43. The summed E-state index contributed by atoms with van der Waals surface area (Å²) in [5.74, 6) is -1.40. The van der Waals surface area contributed by atoms with E-state index in [0.29, 0.717) is 5.56 Å². The summed E-state index contributed by atoms with van der Waals surface area (Å²) in [5.41, 5.74) is 0.553. The molecule has 2 nitrogen and oxygen atoms in total. The normalized spacial score (nSPS) is 10.7. The zero-order valence-electron chi connectivity index (χ0n) is 7.53. The van der Waals surface area contributed by atoms with Gasteiger partial charge in [-0.05, 0) is 36.1 Å². The van der Waals surface area contributed by atoms with E-state index in [1.807, 2.05) is 6.26 Å². The number of aliphatic carboxylic acids is 1. The molecule has 0 amide bonds. The molecular formula is C10H9FO2S. The van der Waals surface area contributed by atoms with Crippen LogP contribution in [0.3, 0.4) is 0 Å². The smallest absolute Gasteiger partial charge is 0.328 e. The molecule has 14 heavy (non-hydrogen) atoms. The fourth-order valence-corrected chi connectivity index (χ4v) is 1.45. The Labute approximate surface area is 85.4 Å². The van der Waals surface area contributed by atoms with E-state index >= 15 is 0 Å². The highest BCUT2D eigenvalue weighted by atomic mass is 32.2. The summed E-state index contributed by atoms with van der Waals surface area (Å²) in [6.07, 6.45) is 4.18. The van der Waals surface area contributed by atoms with Gasteiger partial charge < -0.3 is 5.11 Å². The van der Waals surface area contributed by atoms with E-state index in [2.05, 4.69) is 0 Å². The molecule has 4 heteroatoms. The molecule has 0 radical (unpaired) electrons. The van der Waals surface area contributed by atoms with E-state index < -0.39 is 5.97 Å². The number of rotatable bonds is 3. The number of halogens is 1. The molecule has 0 aliphatic carbocycles. The summed E-state index contributed by atoms with van der Waals surface area (Å²) < 4.78 is 12.9. The highest BCUT2D eigenvalue weighted by Gasteiger charge is 1.97. The van der Waals surface area contributed by atoms with Crippen molar-refractivity contribution in [3.63, 3.8) is 0 Å². The highest BCUT2D eigenvalue weighted by molar-refractivity contribution is 7.98. The second kappa shape index (κ2) is 4.81. The predicted octanol–water partition coefficient (Wildman–Crippen LogP) is 2.65. The number of hydrogen-bond donors (Lipinski definition) is 1. The fraction of sp³-hybridized carbons (Fsp3) is 0.100. The Balaban J connectivity index is 2.97. The van der Waals surface area contributed by atoms with E-state index in [0.717, 1.165) is 11.0 Å². The van der Waals surface area contributed by atoms with Crippen molar-refractivity contribution in [1.29, 1.82) is 0 Å². The van der Waals surface area contributed by atoms with Crippen molar-refractivity contribution in [1.82, 2.24) is 0 Å². The monoisotopic (exact) mass is 212 g/mol. The Bertz CT molecular complexity index is 374. The predicted molar refractivity (Wildman–Crippen MR) is 54.9 cm³/mol. The van der Waals surface area contributed by atoms with Crippen LogP contribution in [0.15, 0.2) is 29.2 Å². The molecule has 0 saturated heterocycles. The van der Waals surface area contributed by atoms with Crippen LogP contribution in [0.4, 0.5) is 4.39 Å². The van der Waals surface area contributed by atoms with Gasteiger partial charge in [-0.2, -0.15) is 0 Å². The Kier molecular flexibility index (Phi) is 3.71. The molecule has 0 atom stereocenters. The first-order chi connectivity index (χ1) is 6.61. The Morgan fingerprint density at radius 1 is 1.50 bits per heavy atom. The molecular weight excluding hydrogens is 203 g/mol. The third kappa shape index (κ3) is 3.22. The lowest BCUT2D eigenvalue weighted by atomic mass is 10.2. The SMILES string of the molecule is CSc1cc(F)cc(/C=C/C(=O)O)c1. The zero-order valence-corrected chi connectivity index (χ0v) is 8.34. The van der Waals surface area contributed by atoms with E-state index in [1.54, 1.807) is 6.07 Å². The van der Waals surface area contributed by atoms with Crippen LogP contribution in [0.1, 0.15) is 5.56 Å². The number of benzene rings is 1. The molecule has 0 aliphatic heterocycles. The topological polar surface area (TPSA) is 37.3 Å². The maximum Gasteiger partial charge on any atom is 0.328 e. The van der Waals surface area contributed by atoms with Gasteiger partial charge in [0, 0.05) is 11.0 Å². The Morgan fingerprint density at radius 2 is 2.21 bits per heavy atom. The van der Waals surface area contributed by atoms with E-state index in [1.165, 1.54) is 30.0 Å². The highest BCUT2D eigenvalue weighted by Crippen LogP contribution is 2.18. The summed E-state index contributed by atoms with van der Waals surface area (Å²) in [6.45, 7) is 0. The first-order valence-corrected chi connectivity index (χ1v) is 5.10.